The molecular weight excluding hydrogens is 424 g/mol. The van der Waals surface area contributed by atoms with Crippen molar-refractivity contribution >= 4 is 17.4 Å². The number of nitrogens with zero attached hydrogens (tertiary/aromatic N) is 2. The van der Waals surface area contributed by atoms with E-state index in [4.69, 9.17) is 15.7 Å². The standard InChI is InChI=1S/C28H36N4O2/c1-4-7-8-9-10-12-21-18-30-28(25-19(5-2)13-11-14-20(25)6-3)32-27(21)31-22-15-16-23(26(29)34)24(33)17-22/h11,13-18,33H,4-10,12H2,1-3H3,(H2,29,34)(H,30,31,32). The number of amides is 1. The maximum absolute atomic E-state index is 11.5. The number of hydrogen-bond donors (Lipinski definition) is 3. The first kappa shape index (κ1) is 25.2. The van der Waals surface area contributed by atoms with E-state index >= 15 is 0 Å². The van der Waals surface area contributed by atoms with Gasteiger partial charge in [0.25, 0.3) is 5.91 Å². The van der Waals surface area contributed by atoms with Crippen LogP contribution in [0.4, 0.5) is 11.5 Å². The van der Waals surface area contributed by atoms with Gasteiger partial charge in [-0.25, -0.2) is 9.97 Å². The normalized spacial score (nSPS) is 10.9. The molecule has 0 bridgehead atoms. The van der Waals surface area contributed by atoms with Crippen LogP contribution in [-0.2, 0) is 19.3 Å². The summed E-state index contributed by atoms with van der Waals surface area (Å²) in [5, 5.41) is 13.6. The van der Waals surface area contributed by atoms with Crippen LogP contribution in [0.25, 0.3) is 11.4 Å². The Labute approximate surface area is 202 Å². The molecule has 6 nitrogen and oxygen atoms in total. The number of carbonyl (C=O) groups is 1. The second kappa shape index (κ2) is 12.2. The summed E-state index contributed by atoms with van der Waals surface area (Å²) in [5.41, 5.74) is 10.6. The fourth-order valence-electron chi connectivity index (χ4n) is 4.22. The highest BCUT2D eigenvalue weighted by atomic mass is 16.3. The van der Waals surface area contributed by atoms with Crippen LogP contribution in [0, 0.1) is 0 Å². The number of aryl methyl sites for hydroxylation is 3. The zero-order valence-corrected chi connectivity index (χ0v) is 20.5. The second-order valence-electron chi connectivity index (χ2n) is 8.61. The van der Waals surface area contributed by atoms with E-state index in [9.17, 15) is 9.90 Å². The number of benzene rings is 2. The molecule has 0 saturated heterocycles. The molecule has 0 aliphatic carbocycles. The summed E-state index contributed by atoms with van der Waals surface area (Å²) >= 11 is 0. The maximum Gasteiger partial charge on any atom is 0.252 e. The molecule has 0 saturated carbocycles. The summed E-state index contributed by atoms with van der Waals surface area (Å²) in [7, 11) is 0. The van der Waals surface area contributed by atoms with Gasteiger partial charge in [-0.05, 0) is 48.9 Å². The number of anilines is 2. The van der Waals surface area contributed by atoms with E-state index in [2.05, 4.69) is 44.3 Å². The van der Waals surface area contributed by atoms with Crippen molar-refractivity contribution in [2.24, 2.45) is 5.73 Å². The summed E-state index contributed by atoms with van der Waals surface area (Å²) in [4.78, 5) is 21.2. The fraction of sp³-hybridized carbons (Fsp3) is 0.393. The van der Waals surface area contributed by atoms with Gasteiger partial charge in [0.15, 0.2) is 5.82 Å². The van der Waals surface area contributed by atoms with Gasteiger partial charge in [0.2, 0.25) is 0 Å². The maximum atomic E-state index is 11.5. The van der Waals surface area contributed by atoms with Crippen molar-refractivity contribution in [1.82, 2.24) is 9.97 Å². The highest BCUT2D eigenvalue weighted by Crippen LogP contribution is 2.30. The number of phenols is 1. The molecule has 1 amide bonds. The molecule has 1 heterocycles. The number of aromatic hydroxyl groups is 1. The van der Waals surface area contributed by atoms with E-state index in [-0.39, 0.29) is 11.3 Å². The second-order valence-corrected chi connectivity index (χ2v) is 8.61. The lowest BCUT2D eigenvalue weighted by Crippen LogP contribution is -2.11. The number of nitrogens with one attached hydrogen (secondary N) is 1. The monoisotopic (exact) mass is 460 g/mol. The number of aromatic nitrogens is 2. The first-order valence-electron chi connectivity index (χ1n) is 12.3. The van der Waals surface area contributed by atoms with Gasteiger partial charge >= 0.3 is 0 Å². The van der Waals surface area contributed by atoms with Gasteiger partial charge < -0.3 is 16.2 Å². The molecule has 34 heavy (non-hydrogen) atoms. The summed E-state index contributed by atoms with van der Waals surface area (Å²) in [5.74, 6) is 0.603. The third kappa shape index (κ3) is 6.13. The zero-order valence-electron chi connectivity index (χ0n) is 20.5. The Hall–Kier alpha value is -3.41. The molecule has 3 aromatic rings. The Morgan fingerprint density at radius 3 is 2.29 bits per heavy atom. The fourth-order valence-corrected chi connectivity index (χ4v) is 4.22. The molecule has 0 radical (unpaired) electrons. The first-order chi connectivity index (χ1) is 16.5. The van der Waals surface area contributed by atoms with Crippen LogP contribution in [0.2, 0.25) is 0 Å². The van der Waals surface area contributed by atoms with Gasteiger partial charge in [-0.1, -0.05) is 64.7 Å². The Morgan fingerprint density at radius 1 is 0.971 bits per heavy atom. The van der Waals surface area contributed by atoms with Crippen LogP contribution in [0.15, 0.2) is 42.6 Å². The van der Waals surface area contributed by atoms with E-state index in [1.54, 1.807) is 6.07 Å². The highest BCUT2D eigenvalue weighted by Gasteiger charge is 2.16. The van der Waals surface area contributed by atoms with Crippen LogP contribution in [0.3, 0.4) is 0 Å². The van der Waals surface area contributed by atoms with Crippen LogP contribution in [0.1, 0.15) is 79.9 Å². The zero-order chi connectivity index (χ0) is 24.5. The Balaban J connectivity index is 1.99. The van der Waals surface area contributed by atoms with Crippen LogP contribution in [0.5, 0.6) is 5.75 Å². The summed E-state index contributed by atoms with van der Waals surface area (Å²) in [6.45, 7) is 6.50. The van der Waals surface area contributed by atoms with Gasteiger partial charge in [-0.15, -0.1) is 0 Å². The van der Waals surface area contributed by atoms with Crippen molar-refractivity contribution in [2.45, 2.75) is 72.1 Å². The number of rotatable bonds is 12. The molecule has 0 aliphatic rings. The van der Waals surface area contributed by atoms with Crippen molar-refractivity contribution < 1.29 is 9.90 Å². The molecule has 0 fully saturated rings. The molecular formula is C28H36N4O2. The largest absolute Gasteiger partial charge is 0.507 e. The predicted octanol–water partition coefficient (Wildman–Crippen LogP) is 6.33. The van der Waals surface area contributed by atoms with Crippen molar-refractivity contribution in [3.05, 3.63) is 64.8 Å². The van der Waals surface area contributed by atoms with Crippen molar-refractivity contribution in [3.8, 4) is 17.1 Å². The minimum atomic E-state index is -0.663. The third-order valence-electron chi connectivity index (χ3n) is 6.16. The van der Waals surface area contributed by atoms with E-state index in [1.807, 2.05) is 6.20 Å². The Bertz CT molecular complexity index is 1110. The molecule has 2 aromatic carbocycles. The van der Waals surface area contributed by atoms with E-state index in [0.29, 0.717) is 11.5 Å². The van der Waals surface area contributed by atoms with E-state index in [1.165, 1.54) is 48.9 Å². The average molecular weight is 461 g/mol. The Kier molecular flexibility index (Phi) is 9.02. The summed E-state index contributed by atoms with van der Waals surface area (Å²) < 4.78 is 0. The summed E-state index contributed by atoms with van der Waals surface area (Å²) in [6, 6.07) is 11.1. The predicted molar refractivity (Wildman–Crippen MR) is 139 cm³/mol. The number of nitrogens with two attached hydrogens (primary N) is 1. The van der Waals surface area contributed by atoms with Gasteiger partial charge in [0, 0.05) is 29.1 Å². The topological polar surface area (TPSA) is 101 Å². The Morgan fingerprint density at radius 2 is 1.68 bits per heavy atom. The lowest BCUT2D eigenvalue weighted by Gasteiger charge is -2.16. The number of hydrogen-bond acceptors (Lipinski definition) is 5. The lowest BCUT2D eigenvalue weighted by atomic mass is 9.96. The van der Waals surface area contributed by atoms with Gasteiger partial charge in [-0.3, -0.25) is 4.79 Å². The quantitative estimate of drug-likeness (QED) is 0.274. The molecule has 3 rings (SSSR count). The highest BCUT2D eigenvalue weighted by molar-refractivity contribution is 5.96. The number of carbonyl (C=O) groups excluding carboxylic acids is 1. The molecule has 4 N–H and O–H groups in total. The van der Waals surface area contributed by atoms with Crippen LogP contribution in [-0.4, -0.2) is 21.0 Å². The number of primary amides is 1. The molecule has 0 unspecified atom stereocenters. The van der Waals surface area contributed by atoms with Gasteiger partial charge in [0.1, 0.15) is 11.6 Å². The SMILES string of the molecule is CCCCCCCc1cnc(-c2c(CC)cccc2CC)nc1Nc1ccc(C(N)=O)c(O)c1. The van der Waals surface area contributed by atoms with Crippen molar-refractivity contribution in [1.29, 1.82) is 0 Å². The van der Waals surface area contributed by atoms with E-state index < -0.39 is 5.91 Å². The number of unbranched alkanes of at least 4 members (excludes halogenated alkanes) is 4. The van der Waals surface area contributed by atoms with Crippen LogP contribution >= 0.6 is 0 Å². The minimum Gasteiger partial charge on any atom is -0.507 e. The lowest BCUT2D eigenvalue weighted by molar-refractivity contribution is 0.0998. The van der Waals surface area contributed by atoms with Crippen molar-refractivity contribution in [3.63, 3.8) is 0 Å². The van der Waals surface area contributed by atoms with Gasteiger partial charge in [0.05, 0.1) is 5.56 Å². The molecule has 0 aliphatic heterocycles. The van der Waals surface area contributed by atoms with Crippen LogP contribution < -0.4 is 11.1 Å². The first-order valence-corrected chi connectivity index (χ1v) is 12.3. The minimum absolute atomic E-state index is 0.0922. The van der Waals surface area contributed by atoms with Gasteiger partial charge in [-0.2, -0.15) is 0 Å². The molecule has 6 heteroatoms. The van der Waals surface area contributed by atoms with E-state index in [0.717, 1.165) is 42.6 Å². The third-order valence-corrected chi connectivity index (χ3v) is 6.16. The summed E-state index contributed by atoms with van der Waals surface area (Å²) in [6.07, 6.45) is 10.5. The molecule has 0 atom stereocenters. The molecule has 0 spiro atoms. The van der Waals surface area contributed by atoms with Crippen molar-refractivity contribution in [2.75, 3.05) is 5.32 Å². The smallest absolute Gasteiger partial charge is 0.252 e. The molecule has 180 valence electrons. The average Bonchev–Trinajstić information content (AvgIpc) is 2.84. The molecule has 1 aromatic heterocycles.